The van der Waals surface area contributed by atoms with Gasteiger partial charge in [0.25, 0.3) is 5.91 Å². The number of benzene rings is 2. The first kappa shape index (κ1) is 22.2. The number of hydrogen-bond donors (Lipinski definition) is 0. The molecule has 1 heterocycles. The number of halogens is 1. The van der Waals surface area contributed by atoms with Crippen LogP contribution in [0.4, 0.5) is 9.52 Å². The Morgan fingerprint density at radius 1 is 1.13 bits per heavy atom. The molecular weight excluding hydrogens is 401 g/mol. The van der Waals surface area contributed by atoms with E-state index in [1.54, 1.807) is 17.0 Å². The van der Waals surface area contributed by atoms with E-state index in [2.05, 4.69) is 31.7 Å². The van der Waals surface area contributed by atoms with Gasteiger partial charge in [0.15, 0.2) is 23.3 Å². The van der Waals surface area contributed by atoms with E-state index < -0.39 is 5.82 Å². The van der Waals surface area contributed by atoms with Crippen LogP contribution in [0.2, 0.25) is 0 Å². The summed E-state index contributed by atoms with van der Waals surface area (Å²) >= 11 is 1.51. The summed E-state index contributed by atoms with van der Waals surface area (Å²) in [5.74, 6) is -0.643. The van der Waals surface area contributed by atoms with Crippen LogP contribution in [0.5, 0.6) is 5.75 Å². The Morgan fingerprint density at radius 2 is 1.87 bits per heavy atom. The molecule has 1 aromatic heterocycles. The summed E-state index contributed by atoms with van der Waals surface area (Å²) in [7, 11) is 0. The molecule has 0 saturated heterocycles. The Hall–Kier alpha value is -2.51. The van der Waals surface area contributed by atoms with E-state index in [4.69, 9.17) is 9.72 Å². The number of hydrogen-bond acceptors (Lipinski definition) is 5. The third-order valence-corrected chi connectivity index (χ3v) is 6.29. The molecule has 30 heavy (non-hydrogen) atoms. The molecule has 0 atom stereocenters. The smallest absolute Gasteiger partial charge is 0.266 e. The number of fused-ring (bicyclic) bond motifs is 1. The molecule has 1 amide bonds. The summed E-state index contributed by atoms with van der Waals surface area (Å²) in [6.45, 7) is 11.1. The van der Waals surface area contributed by atoms with E-state index in [1.165, 1.54) is 23.5 Å². The lowest BCUT2D eigenvalue weighted by Gasteiger charge is -2.24. The van der Waals surface area contributed by atoms with Crippen LogP contribution in [-0.4, -0.2) is 48.6 Å². The highest BCUT2D eigenvalue weighted by Crippen LogP contribution is 2.32. The molecule has 2 aromatic carbocycles. The van der Waals surface area contributed by atoms with Gasteiger partial charge >= 0.3 is 0 Å². The second-order valence-electron chi connectivity index (χ2n) is 7.22. The molecule has 0 radical (unpaired) electrons. The van der Waals surface area contributed by atoms with Crippen molar-refractivity contribution in [2.45, 2.75) is 27.7 Å². The van der Waals surface area contributed by atoms with Crippen molar-refractivity contribution in [3.63, 3.8) is 0 Å². The summed E-state index contributed by atoms with van der Waals surface area (Å²) in [4.78, 5) is 21.7. The molecular formula is C23H28FN3O2S. The van der Waals surface area contributed by atoms with E-state index in [9.17, 15) is 9.18 Å². The van der Waals surface area contributed by atoms with E-state index in [-0.39, 0.29) is 18.3 Å². The number of ether oxygens (including phenoxy) is 1. The van der Waals surface area contributed by atoms with E-state index in [0.29, 0.717) is 11.7 Å². The first-order valence-electron chi connectivity index (χ1n) is 10.2. The van der Waals surface area contributed by atoms with Gasteiger partial charge in [-0.25, -0.2) is 9.37 Å². The first-order chi connectivity index (χ1) is 14.4. The Kier molecular flexibility index (Phi) is 7.39. The minimum absolute atomic E-state index is 0.0744. The molecule has 0 N–H and O–H groups in total. The molecule has 0 aliphatic carbocycles. The van der Waals surface area contributed by atoms with Gasteiger partial charge in [0.1, 0.15) is 0 Å². The number of para-hydroxylation sites is 1. The maximum atomic E-state index is 13.9. The molecule has 7 heteroatoms. The van der Waals surface area contributed by atoms with Gasteiger partial charge in [-0.15, -0.1) is 0 Å². The standard InChI is InChI=1S/C23H28FN3O2S/c1-5-26(6-2)11-12-27(21(28)15-29-20-10-8-7-9-18(20)24)23-25-19-14-16(3)13-17(4)22(19)30-23/h7-10,13-14H,5-6,11-12,15H2,1-4H3. The molecule has 0 unspecified atom stereocenters. The third-order valence-electron chi connectivity index (χ3n) is 5.06. The van der Waals surface area contributed by atoms with Crippen molar-refractivity contribution >= 4 is 32.6 Å². The van der Waals surface area contributed by atoms with Crippen LogP contribution in [0.3, 0.4) is 0 Å². The van der Waals surface area contributed by atoms with Crippen LogP contribution in [0.15, 0.2) is 36.4 Å². The maximum absolute atomic E-state index is 13.9. The zero-order valence-electron chi connectivity index (χ0n) is 17.9. The summed E-state index contributed by atoms with van der Waals surface area (Å²) in [5.41, 5.74) is 3.18. The largest absolute Gasteiger partial charge is 0.481 e. The fourth-order valence-corrected chi connectivity index (χ4v) is 4.43. The lowest BCUT2D eigenvalue weighted by atomic mass is 10.1. The Balaban J connectivity index is 1.85. The van der Waals surface area contributed by atoms with Crippen LogP contribution >= 0.6 is 11.3 Å². The van der Waals surface area contributed by atoms with Crippen molar-refractivity contribution in [2.75, 3.05) is 37.7 Å². The summed E-state index contributed by atoms with van der Waals surface area (Å²) in [6, 6.07) is 10.3. The van der Waals surface area contributed by atoms with E-state index >= 15 is 0 Å². The molecule has 0 saturated carbocycles. The fourth-order valence-electron chi connectivity index (χ4n) is 3.37. The Bertz CT molecular complexity index is 1020. The topological polar surface area (TPSA) is 45.7 Å². The summed E-state index contributed by atoms with van der Waals surface area (Å²) < 4.78 is 20.4. The minimum Gasteiger partial charge on any atom is -0.481 e. The second kappa shape index (κ2) is 10.00. The average molecular weight is 430 g/mol. The number of thiazole rings is 1. The monoisotopic (exact) mass is 429 g/mol. The van der Waals surface area contributed by atoms with Crippen LogP contribution in [0.25, 0.3) is 10.2 Å². The number of carbonyl (C=O) groups excluding carboxylic acids is 1. The van der Waals surface area contributed by atoms with Gasteiger partial charge in [-0.1, -0.05) is 43.4 Å². The second-order valence-corrected chi connectivity index (χ2v) is 8.20. The number of likely N-dealkylation sites (N-methyl/N-ethyl adjacent to an activating group) is 1. The van der Waals surface area contributed by atoms with Crippen molar-refractivity contribution < 1.29 is 13.9 Å². The van der Waals surface area contributed by atoms with Gasteiger partial charge in [0, 0.05) is 13.1 Å². The van der Waals surface area contributed by atoms with Crippen LogP contribution in [0.1, 0.15) is 25.0 Å². The zero-order valence-corrected chi connectivity index (χ0v) is 18.8. The van der Waals surface area contributed by atoms with Crippen molar-refractivity contribution in [2.24, 2.45) is 0 Å². The van der Waals surface area contributed by atoms with Crippen molar-refractivity contribution in [1.29, 1.82) is 0 Å². The quantitative estimate of drug-likeness (QED) is 0.490. The molecule has 0 bridgehead atoms. The molecule has 3 aromatic rings. The Morgan fingerprint density at radius 3 is 2.57 bits per heavy atom. The summed E-state index contributed by atoms with van der Waals surface area (Å²) in [6.07, 6.45) is 0. The molecule has 0 aliphatic heterocycles. The minimum atomic E-state index is -0.480. The highest BCUT2D eigenvalue weighted by molar-refractivity contribution is 7.22. The van der Waals surface area contributed by atoms with Gasteiger partial charge in [-0.3, -0.25) is 9.69 Å². The number of carbonyl (C=O) groups is 1. The molecule has 5 nitrogen and oxygen atoms in total. The number of aromatic nitrogens is 1. The highest BCUT2D eigenvalue weighted by atomic mass is 32.1. The van der Waals surface area contributed by atoms with E-state index in [0.717, 1.165) is 41.0 Å². The normalized spacial score (nSPS) is 11.3. The molecule has 3 rings (SSSR count). The number of nitrogens with zero attached hydrogens (tertiary/aromatic N) is 3. The maximum Gasteiger partial charge on any atom is 0.266 e. The number of aryl methyl sites for hydroxylation is 2. The molecule has 0 spiro atoms. The van der Waals surface area contributed by atoms with Crippen LogP contribution < -0.4 is 9.64 Å². The molecule has 160 valence electrons. The van der Waals surface area contributed by atoms with Gasteiger partial charge in [0.2, 0.25) is 0 Å². The average Bonchev–Trinajstić information content (AvgIpc) is 3.14. The van der Waals surface area contributed by atoms with Crippen molar-refractivity contribution in [1.82, 2.24) is 9.88 Å². The number of rotatable bonds is 9. The SMILES string of the molecule is CCN(CC)CCN(C(=O)COc1ccccc1F)c1nc2cc(C)cc(C)c2s1. The molecule has 0 fully saturated rings. The predicted octanol–water partition coefficient (Wildman–Crippen LogP) is 4.81. The first-order valence-corrected chi connectivity index (χ1v) is 11.0. The fraction of sp³-hybridized carbons (Fsp3) is 0.391. The van der Waals surface area contributed by atoms with Gasteiger partial charge in [-0.05, 0) is 56.3 Å². The van der Waals surface area contributed by atoms with E-state index in [1.807, 2.05) is 13.0 Å². The van der Waals surface area contributed by atoms with Gasteiger partial charge < -0.3 is 9.64 Å². The zero-order chi connectivity index (χ0) is 21.7. The lowest BCUT2D eigenvalue weighted by Crippen LogP contribution is -2.41. The third kappa shape index (κ3) is 5.15. The number of anilines is 1. The van der Waals surface area contributed by atoms with Crippen molar-refractivity contribution in [3.8, 4) is 5.75 Å². The van der Waals surface area contributed by atoms with Crippen LogP contribution in [0, 0.1) is 19.7 Å². The van der Waals surface area contributed by atoms with Gasteiger partial charge in [0.05, 0.1) is 10.2 Å². The number of amides is 1. The van der Waals surface area contributed by atoms with Crippen molar-refractivity contribution in [3.05, 3.63) is 53.3 Å². The highest BCUT2D eigenvalue weighted by Gasteiger charge is 2.22. The Labute approximate surface area is 181 Å². The predicted molar refractivity (Wildman–Crippen MR) is 121 cm³/mol. The summed E-state index contributed by atoms with van der Waals surface area (Å²) in [5, 5.41) is 0.646. The van der Waals surface area contributed by atoms with Crippen LogP contribution in [-0.2, 0) is 4.79 Å². The lowest BCUT2D eigenvalue weighted by molar-refractivity contribution is -0.120. The molecule has 0 aliphatic rings. The van der Waals surface area contributed by atoms with Gasteiger partial charge in [-0.2, -0.15) is 0 Å².